The van der Waals surface area contributed by atoms with E-state index >= 15 is 0 Å². The largest absolute Gasteiger partial charge is 0.488 e. The van der Waals surface area contributed by atoms with Gasteiger partial charge in [0.15, 0.2) is 7.29 Å². The second-order valence-electron chi connectivity index (χ2n) is 7.81. The fourth-order valence-electron chi connectivity index (χ4n) is 3.10. The molecule has 5 heteroatoms. The molecule has 0 heterocycles. The van der Waals surface area contributed by atoms with Crippen molar-refractivity contribution in [1.29, 1.82) is 0 Å². The molecule has 148 valence electrons. The zero-order chi connectivity index (χ0) is 19.9. The third-order valence-electron chi connectivity index (χ3n) is 5.06. The van der Waals surface area contributed by atoms with Crippen LogP contribution >= 0.6 is 7.29 Å². The summed E-state index contributed by atoms with van der Waals surface area (Å²) in [4.78, 5) is 0. The van der Waals surface area contributed by atoms with Gasteiger partial charge in [0.25, 0.3) is 0 Å². The molecule has 4 nitrogen and oxygen atoms in total. The van der Waals surface area contributed by atoms with Crippen LogP contribution in [-0.4, -0.2) is 62.7 Å². The van der Waals surface area contributed by atoms with E-state index in [0.717, 1.165) is 41.7 Å². The summed E-state index contributed by atoms with van der Waals surface area (Å²) >= 11 is 0. The molecule has 2 aromatic rings. The molecule has 2 aromatic carbocycles. The second-order valence-corrected chi connectivity index (χ2v) is 10.6. The highest BCUT2D eigenvalue weighted by molar-refractivity contribution is 7.68. The molecule has 0 fully saturated rings. The van der Waals surface area contributed by atoms with Crippen molar-refractivity contribution in [2.45, 2.75) is 13.8 Å². The van der Waals surface area contributed by atoms with Crippen LogP contribution in [0.2, 0.25) is 0 Å². The molecular weight excluding hydrogens is 355 g/mol. The lowest BCUT2D eigenvalue weighted by atomic mass is 10.2. The maximum absolute atomic E-state index is 13.4. The molecular formula is C22H34N2O2P+. The molecule has 0 aliphatic carbocycles. The van der Waals surface area contributed by atoms with E-state index in [0.29, 0.717) is 6.61 Å². The summed E-state index contributed by atoms with van der Waals surface area (Å²) in [5.74, 6) is 0.923. The van der Waals surface area contributed by atoms with Crippen LogP contribution < -0.4 is 10.0 Å². The van der Waals surface area contributed by atoms with Gasteiger partial charge in [-0.3, -0.25) is 0 Å². The summed E-state index contributed by atoms with van der Waals surface area (Å²) in [6.45, 7) is 10.1. The summed E-state index contributed by atoms with van der Waals surface area (Å²) in [5.41, 5.74) is 1.21. The van der Waals surface area contributed by atoms with Crippen molar-refractivity contribution in [2.75, 3.05) is 53.5 Å². The molecule has 2 rings (SSSR count). The Balaban J connectivity index is 1.89. The molecule has 0 saturated carbocycles. The average Bonchev–Trinajstić information content (AvgIpc) is 2.62. The molecule has 0 bridgehead atoms. The smallest absolute Gasteiger partial charge is 0.175 e. The van der Waals surface area contributed by atoms with Crippen LogP contribution in [0.25, 0.3) is 0 Å². The summed E-state index contributed by atoms with van der Waals surface area (Å²) in [7, 11) is 1.88. The van der Waals surface area contributed by atoms with E-state index in [1.165, 1.54) is 5.56 Å². The Morgan fingerprint density at radius 1 is 1.04 bits per heavy atom. The summed E-state index contributed by atoms with van der Waals surface area (Å²) in [6.07, 6.45) is 0. The Labute approximate surface area is 164 Å². The first-order valence-electron chi connectivity index (χ1n) is 9.64. The van der Waals surface area contributed by atoms with Crippen LogP contribution in [0.1, 0.15) is 12.5 Å². The number of benzene rings is 2. The van der Waals surface area contributed by atoms with Gasteiger partial charge in [-0.25, -0.2) is 4.67 Å². The molecule has 0 aliphatic rings. The molecule has 0 N–H and O–H groups in total. The monoisotopic (exact) mass is 389 g/mol. The van der Waals surface area contributed by atoms with Crippen molar-refractivity contribution in [1.82, 2.24) is 4.67 Å². The molecule has 1 atom stereocenters. The number of quaternary nitrogens is 1. The average molecular weight is 390 g/mol. The Bertz CT molecular complexity index is 762. The zero-order valence-electron chi connectivity index (χ0n) is 17.4. The molecule has 0 spiro atoms. The fraction of sp³-hybridized carbons (Fsp3) is 0.455. The second kappa shape index (κ2) is 9.54. The van der Waals surface area contributed by atoms with Gasteiger partial charge < -0.3 is 13.8 Å². The minimum Gasteiger partial charge on any atom is -0.488 e. The standard InChI is InChI=1S/C22H34N2O2P/c1-6-23(27(5,25)22-13-8-7-9-14-22)15-16-24(3,4)17-18-26-21-12-10-11-20(2)19-21/h7-14,19H,6,15-18H2,1-5H3/q+1. The van der Waals surface area contributed by atoms with E-state index in [1.807, 2.05) is 49.1 Å². The number of hydrogen-bond acceptors (Lipinski definition) is 2. The van der Waals surface area contributed by atoms with Gasteiger partial charge in [0, 0.05) is 18.5 Å². The Hall–Kier alpha value is -1.61. The topological polar surface area (TPSA) is 29.5 Å². The molecule has 0 radical (unpaired) electrons. The van der Waals surface area contributed by atoms with Gasteiger partial charge in [-0.2, -0.15) is 0 Å². The van der Waals surface area contributed by atoms with Gasteiger partial charge in [0.1, 0.15) is 18.9 Å². The van der Waals surface area contributed by atoms with Crippen molar-refractivity contribution in [3.63, 3.8) is 0 Å². The molecule has 0 aromatic heterocycles. The predicted molar refractivity (Wildman–Crippen MR) is 115 cm³/mol. The molecule has 1 unspecified atom stereocenters. The first-order valence-corrected chi connectivity index (χ1v) is 11.8. The maximum Gasteiger partial charge on any atom is 0.175 e. The minimum atomic E-state index is -2.53. The highest BCUT2D eigenvalue weighted by Crippen LogP contribution is 2.43. The van der Waals surface area contributed by atoms with E-state index < -0.39 is 7.29 Å². The highest BCUT2D eigenvalue weighted by Gasteiger charge is 2.28. The van der Waals surface area contributed by atoms with Crippen LogP contribution in [-0.2, 0) is 4.57 Å². The van der Waals surface area contributed by atoms with Crippen molar-refractivity contribution >= 4 is 12.6 Å². The number of nitrogens with zero attached hydrogens (tertiary/aromatic N) is 2. The van der Waals surface area contributed by atoms with Crippen LogP contribution in [0.15, 0.2) is 54.6 Å². The van der Waals surface area contributed by atoms with Crippen molar-refractivity contribution in [3.8, 4) is 5.75 Å². The lowest BCUT2D eigenvalue weighted by Gasteiger charge is -2.34. The number of aryl methyl sites for hydroxylation is 1. The quantitative estimate of drug-likeness (QED) is 0.454. The van der Waals surface area contributed by atoms with Gasteiger partial charge in [0.2, 0.25) is 0 Å². The van der Waals surface area contributed by atoms with Gasteiger partial charge in [0.05, 0.1) is 27.2 Å². The Morgan fingerprint density at radius 2 is 1.74 bits per heavy atom. The van der Waals surface area contributed by atoms with Crippen LogP contribution in [0.5, 0.6) is 5.75 Å². The predicted octanol–water partition coefficient (Wildman–Crippen LogP) is 4.01. The number of hydrogen-bond donors (Lipinski definition) is 0. The SMILES string of the molecule is CCN(CC[N+](C)(C)CCOc1cccc(C)c1)P(C)(=O)c1ccccc1. The van der Waals surface area contributed by atoms with Crippen LogP contribution in [0, 0.1) is 6.92 Å². The van der Waals surface area contributed by atoms with E-state index in [1.54, 1.807) is 0 Å². The number of likely N-dealkylation sites (N-methyl/N-ethyl adjacent to an activating group) is 2. The van der Waals surface area contributed by atoms with Crippen molar-refractivity contribution < 1.29 is 13.8 Å². The van der Waals surface area contributed by atoms with Gasteiger partial charge in [-0.05, 0) is 24.6 Å². The molecule has 0 amide bonds. The van der Waals surface area contributed by atoms with Crippen LogP contribution in [0.3, 0.4) is 0 Å². The van der Waals surface area contributed by atoms with Crippen molar-refractivity contribution in [2.24, 2.45) is 0 Å². The molecule has 0 saturated heterocycles. The number of rotatable bonds is 10. The first kappa shape index (κ1) is 21.7. The summed E-state index contributed by atoms with van der Waals surface area (Å²) < 4.78 is 22.3. The lowest BCUT2D eigenvalue weighted by molar-refractivity contribution is -0.889. The summed E-state index contributed by atoms with van der Waals surface area (Å²) in [6, 6.07) is 18.0. The maximum atomic E-state index is 13.4. The zero-order valence-corrected chi connectivity index (χ0v) is 18.3. The van der Waals surface area contributed by atoms with Crippen LogP contribution in [0.4, 0.5) is 0 Å². The van der Waals surface area contributed by atoms with Crippen molar-refractivity contribution in [3.05, 3.63) is 60.2 Å². The first-order chi connectivity index (χ1) is 12.7. The summed E-state index contributed by atoms with van der Waals surface area (Å²) in [5, 5.41) is 0.930. The van der Waals surface area contributed by atoms with Gasteiger partial charge >= 0.3 is 0 Å². The highest BCUT2D eigenvalue weighted by atomic mass is 31.2. The van der Waals surface area contributed by atoms with E-state index in [-0.39, 0.29) is 0 Å². The molecule has 0 aliphatic heterocycles. The van der Waals surface area contributed by atoms with E-state index in [4.69, 9.17) is 4.74 Å². The Morgan fingerprint density at radius 3 is 2.37 bits per heavy atom. The third kappa shape index (κ3) is 6.49. The fourth-order valence-corrected chi connectivity index (χ4v) is 5.16. The number of ether oxygens (including phenoxy) is 1. The normalized spacial score (nSPS) is 14.1. The minimum absolute atomic E-state index is 0.672. The van der Waals surface area contributed by atoms with E-state index in [2.05, 4.69) is 44.7 Å². The lowest BCUT2D eigenvalue weighted by Crippen LogP contribution is -2.47. The van der Waals surface area contributed by atoms with Gasteiger partial charge in [-0.1, -0.05) is 49.4 Å². The Kier molecular flexibility index (Phi) is 7.67. The van der Waals surface area contributed by atoms with Gasteiger partial charge in [-0.15, -0.1) is 0 Å². The molecule has 27 heavy (non-hydrogen) atoms. The third-order valence-corrected chi connectivity index (χ3v) is 7.88. The van der Waals surface area contributed by atoms with E-state index in [9.17, 15) is 4.57 Å².